The summed E-state index contributed by atoms with van der Waals surface area (Å²) < 4.78 is 0. The second kappa shape index (κ2) is 17.3. The predicted molar refractivity (Wildman–Crippen MR) is 233 cm³/mol. The van der Waals surface area contributed by atoms with E-state index in [2.05, 4.69) is 214 Å². The fraction of sp³-hybridized carbons (Fsp3) is 0.176. The van der Waals surface area contributed by atoms with Gasteiger partial charge in [-0.25, -0.2) is 0 Å². The molecule has 0 heterocycles. The predicted octanol–water partition coefficient (Wildman–Crippen LogP) is 13.0. The largest absolute Gasteiger partial charge is 0.398 e. The number of nitrogens with one attached hydrogen (secondary N) is 1. The van der Waals surface area contributed by atoms with Crippen LogP contribution < -0.4 is 16.0 Å². The number of hydrogen-bond acceptors (Lipinski definition) is 3. The van der Waals surface area contributed by atoms with E-state index in [9.17, 15) is 0 Å². The van der Waals surface area contributed by atoms with Gasteiger partial charge in [-0.1, -0.05) is 161 Å². The molecule has 0 saturated heterocycles. The molecule has 0 spiro atoms. The minimum absolute atomic E-state index is 0.104. The highest BCUT2D eigenvalue weighted by atomic mass is 15.1. The van der Waals surface area contributed by atoms with Gasteiger partial charge in [0.25, 0.3) is 0 Å². The molecule has 3 nitrogen and oxygen atoms in total. The summed E-state index contributed by atoms with van der Waals surface area (Å²) in [6.07, 6.45) is 7.69. The van der Waals surface area contributed by atoms with E-state index in [1.165, 1.54) is 11.1 Å². The van der Waals surface area contributed by atoms with Gasteiger partial charge in [-0.05, 0) is 113 Å². The Bertz CT molecular complexity index is 2230. The Morgan fingerprint density at radius 2 is 1.22 bits per heavy atom. The fourth-order valence-corrected chi connectivity index (χ4v) is 7.81. The number of allylic oxidation sites excluding steroid dienone is 4. The Hall–Kier alpha value is -5.90. The molecular weight excluding hydrogens is 655 g/mol. The molecule has 0 aliphatic heterocycles. The number of likely N-dealkylation sites (N-methyl/N-ethyl adjacent to an activating group) is 1. The van der Waals surface area contributed by atoms with Crippen molar-refractivity contribution < 1.29 is 0 Å². The first-order valence-corrected chi connectivity index (χ1v) is 19.2. The molecule has 6 aromatic carbocycles. The fourth-order valence-electron chi connectivity index (χ4n) is 7.81. The van der Waals surface area contributed by atoms with Crippen molar-refractivity contribution in [1.29, 1.82) is 0 Å². The zero-order valence-corrected chi connectivity index (χ0v) is 32.6. The van der Waals surface area contributed by atoms with E-state index in [4.69, 9.17) is 5.73 Å². The van der Waals surface area contributed by atoms with Gasteiger partial charge in [-0.2, -0.15) is 0 Å². The van der Waals surface area contributed by atoms with E-state index in [0.29, 0.717) is 0 Å². The molecule has 1 aliphatic rings. The highest BCUT2D eigenvalue weighted by Crippen LogP contribution is 2.47. The third kappa shape index (κ3) is 7.60. The average Bonchev–Trinajstić information content (AvgIpc) is 3.77. The lowest BCUT2D eigenvalue weighted by molar-refractivity contribution is 0.466. The summed E-state index contributed by atoms with van der Waals surface area (Å²) in [7, 11) is 2.06. The van der Waals surface area contributed by atoms with Gasteiger partial charge in [0, 0.05) is 28.3 Å². The van der Waals surface area contributed by atoms with E-state index >= 15 is 0 Å². The number of nitrogens with zero attached hydrogens (tertiary/aromatic N) is 1. The molecule has 272 valence electrons. The molecule has 0 bridgehead atoms. The second-order valence-electron chi connectivity index (χ2n) is 13.8. The summed E-state index contributed by atoms with van der Waals surface area (Å²) in [5.74, 6) is 0.104. The number of hydrogen-bond donors (Lipinski definition) is 2. The molecular formula is C51H53N3. The quantitative estimate of drug-likeness (QED) is 0.141. The van der Waals surface area contributed by atoms with Crippen molar-refractivity contribution in [1.82, 2.24) is 5.32 Å². The summed E-state index contributed by atoms with van der Waals surface area (Å²) in [6.45, 7) is 10.6. The van der Waals surface area contributed by atoms with Gasteiger partial charge in [-0.15, -0.1) is 0 Å². The van der Waals surface area contributed by atoms with Crippen LogP contribution in [0.1, 0.15) is 61.9 Å². The van der Waals surface area contributed by atoms with E-state index < -0.39 is 5.54 Å². The molecule has 3 heteroatoms. The summed E-state index contributed by atoms with van der Waals surface area (Å²) in [5.41, 5.74) is 21.0. The van der Waals surface area contributed by atoms with Crippen molar-refractivity contribution in [2.45, 2.75) is 46.6 Å². The third-order valence-electron chi connectivity index (χ3n) is 10.2. The van der Waals surface area contributed by atoms with Gasteiger partial charge in [0.1, 0.15) is 0 Å². The van der Waals surface area contributed by atoms with Gasteiger partial charge >= 0.3 is 0 Å². The van der Waals surface area contributed by atoms with Crippen LogP contribution in [0.4, 0.5) is 17.1 Å². The summed E-state index contributed by atoms with van der Waals surface area (Å²) in [4.78, 5) is 2.37. The Kier molecular flexibility index (Phi) is 12.1. The molecule has 6 aromatic rings. The lowest BCUT2D eigenvalue weighted by Crippen LogP contribution is -2.45. The first-order valence-electron chi connectivity index (χ1n) is 19.2. The molecule has 3 N–H and O–H groups in total. The average molecular weight is 708 g/mol. The lowest BCUT2D eigenvalue weighted by atomic mass is 9.70. The molecule has 0 aromatic heterocycles. The molecule has 0 radical (unpaired) electrons. The van der Waals surface area contributed by atoms with Crippen molar-refractivity contribution >= 4 is 28.3 Å². The van der Waals surface area contributed by atoms with Crippen LogP contribution in [0, 0.1) is 12.8 Å². The Morgan fingerprint density at radius 3 is 1.81 bits per heavy atom. The van der Waals surface area contributed by atoms with Gasteiger partial charge in [0.2, 0.25) is 0 Å². The molecule has 0 amide bonds. The Labute approximate surface area is 323 Å². The molecule has 1 atom stereocenters. The van der Waals surface area contributed by atoms with Crippen molar-refractivity contribution in [2.75, 3.05) is 11.9 Å². The first kappa shape index (κ1) is 37.8. The van der Waals surface area contributed by atoms with Crippen LogP contribution in [0.25, 0.3) is 22.4 Å². The Balaban J connectivity index is 0.00000245. The van der Waals surface area contributed by atoms with Crippen LogP contribution >= 0.6 is 0 Å². The van der Waals surface area contributed by atoms with Crippen LogP contribution in [-0.4, -0.2) is 7.05 Å². The van der Waals surface area contributed by atoms with Crippen LogP contribution in [0.3, 0.4) is 0 Å². The van der Waals surface area contributed by atoms with Gasteiger partial charge in [0.15, 0.2) is 0 Å². The molecule has 7 rings (SSSR count). The third-order valence-corrected chi connectivity index (χ3v) is 10.2. The first-order chi connectivity index (χ1) is 26.4. The topological polar surface area (TPSA) is 41.3 Å². The normalized spacial score (nSPS) is 13.7. The number of benzene rings is 6. The summed E-state index contributed by atoms with van der Waals surface area (Å²) >= 11 is 0. The lowest BCUT2D eigenvalue weighted by Gasteiger charge is -2.41. The minimum Gasteiger partial charge on any atom is -0.398 e. The maximum atomic E-state index is 7.39. The van der Waals surface area contributed by atoms with E-state index in [-0.39, 0.29) is 5.92 Å². The number of nitrogens with two attached hydrogens (primary N) is 1. The molecule has 54 heavy (non-hydrogen) atoms. The van der Waals surface area contributed by atoms with Gasteiger partial charge in [-0.3, -0.25) is 0 Å². The highest BCUT2D eigenvalue weighted by Gasteiger charge is 2.41. The van der Waals surface area contributed by atoms with Gasteiger partial charge in [0.05, 0.1) is 5.54 Å². The van der Waals surface area contributed by atoms with Crippen LogP contribution in [0.15, 0.2) is 182 Å². The maximum Gasteiger partial charge on any atom is 0.0931 e. The van der Waals surface area contributed by atoms with E-state index in [1.54, 1.807) is 0 Å². The standard InChI is InChI=1S/C49H47N3.C2H6/c1-35(2)47(48(50)46-27-17-14-18-36(46)3)49(51-4,41-23-10-6-11-24-41)42-32-40(38-19-8-5-9-20-38)33-45(34-42)52(43-25-12-7-13-26-43)44-30-28-39(29-31-44)37-21-15-16-22-37;1-2/h5-15,17-35,51H,16,50H2,1-4H3;1-2H3/b48-47-;. The Morgan fingerprint density at radius 1 is 0.630 bits per heavy atom. The zero-order valence-electron chi connectivity index (χ0n) is 32.6. The highest BCUT2D eigenvalue weighted by molar-refractivity contribution is 5.84. The number of rotatable bonds is 11. The number of aryl methyl sites for hydroxylation is 1. The molecule has 0 saturated carbocycles. The second-order valence-corrected chi connectivity index (χ2v) is 13.8. The SMILES string of the molecule is CC.CNC(/C(=C(\N)c1ccccc1C)C(C)C)(c1ccccc1)c1cc(-c2ccccc2)cc(N(c2ccccc2)c2ccc(C3=CCC=C3)cc2)c1. The van der Waals surface area contributed by atoms with Crippen molar-refractivity contribution in [3.63, 3.8) is 0 Å². The summed E-state index contributed by atoms with van der Waals surface area (Å²) in [6, 6.07) is 56.5. The van der Waals surface area contributed by atoms with Gasteiger partial charge < -0.3 is 16.0 Å². The molecule has 0 fully saturated rings. The summed E-state index contributed by atoms with van der Waals surface area (Å²) in [5, 5.41) is 3.89. The van der Waals surface area contributed by atoms with Crippen LogP contribution in [0.2, 0.25) is 0 Å². The van der Waals surface area contributed by atoms with Crippen LogP contribution in [0.5, 0.6) is 0 Å². The number of para-hydroxylation sites is 1. The number of anilines is 3. The zero-order chi connectivity index (χ0) is 38.1. The van der Waals surface area contributed by atoms with Crippen molar-refractivity contribution in [2.24, 2.45) is 11.7 Å². The van der Waals surface area contributed by atoms with Crippen LogP contribution in [-0.2, 0) is 5.54 Å². The smallest absolute Gasteiger partial charge is 0.0931 e. The monoisotopic (exact) mass is 707 g/mol. The van der Waals surface area contributed by atoms with Crippen molar-refractivity contribution in [3.05, 3.63) is 209 Å². The van der Waals surface area contributed by atoms with Crippen molar-refractivity contribution in [3.8, 4) is 11.1 Å². The van der Waals surface area contributed by atoms with E-state index in [0.717, 1.165) is 68.1 Å². The van der Waals surface area contributed by atoms with E-state index in [1.807, 2.05) is 13.8 Å². The minimum atomic E-state index is -0.769. The maximum absolute atomic E-state index is 7.39. The molecule has 1 unspecified atom stereocenters. The molecule has 1 aliphatic carbocycles.